The average Bonchev–Trinajstić information content (AvgIpc) is 2.34. The van der Waals surface area contributed by atoms with Crippen LogP contribution in [0.25, 0.3) is 0 Å². The molecule has 0 fully saturated rings. The standard InChI is InChI=1S/C8H12N2.C7H8O2/c1-5-6(2)10-8(4)7(3)9-5;1-5-6(8)3-2-4-7(5)9/h1-4H3;2-4,8-9H,1H3. The summed E-state index contributed by atoms with van der Waals surface area (Å²) in [4.78, 5) is 8.62. The van der Waals surface area contributed by atoms with Gasteiger partial charge in [-0.2, -0.15) is 0 Å². The number of aromatic hydroxyl groups is 2. The molecule has 2 aromatic rings. The van der Waals surface area contributed by atoms with Gasteiger partial charge < -0.3 is 10.2 Å². The van der Waals surface area contributed by atoms with Gasteiger partial charge in [-0.25, -0.2) is 0 Å². The van der Waals surface area contributed by atoms with Gasteiger partial charge in [-0.15, -0.1) is 0 Å². The molecule has 4 heteroatoms. The van der Waals surface area contributed by atoms with Crippen LogP contribution in [-0.4, -0.2) is 20.2 Å². The first-order valence-corrected chi connectivity index (χ1v) is 6.09. The van der Waals surface area contributed by atoms with E-state index >= 15 is 0 Å². The molecule has 0 saturated heterocycles. The Hall–Kier alpha value is -2.10. The highest BCUT2D eigenvalue weighted by Gasteiger charge is 1.98. The Morgan fingerprint density at radius 1 is 0.684 bits per heavy atom. The molecule has 0 aliphatic heterocycles. The van der Waals surface area contributed by atoms with Crippen LogP contribution in [0.1, 0.15) is 28.3 Å². The Morgan fingerprint density at radius 3 is 1.26 bits per heavy atom. The normalized spacial score (nSPS) is 9.74. The maximum absolute atomic E-state index is 8.94. The van der Waals surface area contributed by atoms with E-state index in [0.29, 0.717) is 5.56 Å². The predicted octanol–water partition coefficient (Wildman–Crippen LogP) is 3.12. The van der Waals surface area contributed by atoms with Crippen molar-refractivity contribution in [2.45, 2.75) is 34.6 Å². The number of aromatic nitrogens is 2. The summed E-state index contributed by atoms with van der Waals surface area (Å²) in [7, 11) is 0. The fourth-order valence-electron chi connectivity index (χ4n) is 1.44. The SMILES string of the molecule is Cc1c(O)cccc1O.Cc1nc(C)c(C)nc1C. The van der Waals surface area contributed by atoms with Crippen LogP contribution in [0.2, 0.25) is 0 Å². The van der Waals surface area contributed by atoms with E-state index in [1.807, 2.05) is 27.7 Å². The number of phenols is 2. The lowest BCUT2D eigenvalue weighted by Crippen LogP contribution is -1.97. The second kappa shape index (κ2) is 6.18. The Morgan fingerprint density at radius 2 is 1.00 bits per heavy atom. The second-order valence-corrected chi connectivity index (χ2v) is 4.49. The van der Waals surface area contributed by atoms with Crippen LogP contribution in [0, 0.1) is 34.6 Å². The van der Waals surface area contributed by atoms with E-state index in [-0.39, 0.29) is 11.5 Å². The Balaban J connectivity index is 0.000000191. The van der Waals surface area contributed by atoms with Crippen LogP contribution in [-0.2, 0) is 0 Å². The zero-order valence-electron chi connectivity index (χ0n) is 12.0. The molecular formula is C15H20N2O2. The minimum Gasteiger partial charge on any atom is -0.508 e. The predicted molar refractivity (Wildman–Crippen MR) is 75.5 cm³/mol. The highest BCUT2D eigenvalue weighted by molar-refractivity contribution is 5.41. The van der Waals surface area contributed by atoms with Gasteiger partial charge in [0.25, 0.3) is 0 Å². The molecule has 0 atom stereocenters. The number of nitrogens with zero attached hydrogens (tertiary/aromatic N) is 2. The van der Waals surface area contributed by atoms with Gasteiger partial charge in [0.1, 0.15) is 11.5 Å². The molecule has 19 heavy (non-hydrogen) atoms. The van der Waals surface area contributed by atoms with Gasteiger partial charge in [0, 0.05) is 5.56 Å². The minimum atomic E-state index is 0.134. The summed E-state index contributed by atoms with van der Waals surface area (Å²) in [6, 6.07) is 4.67. The smallest absolute Gasteiger partial charge is 0.122 e. The van der Waals surface area contributed by atoms with Crippen molar-refractivity contribution in [3.05, 3.63) is 46.5 Å². The van der Waals surface area contributed by atoms with Gasteiger partial charge in [-0.1, -0.05) is 6.07 Å². The van der Waals surface area contributed by atoms with Gasteiger partial charge in [-0.3, -0.25) is 9.97 Å². The fourth-order valence-corrected chi connectivity index (χ4v) is 1.44. The van der Waals surface area contributed by atoms with Crippen LogP contribution in [0.3, 0.4) is 0 Å². The molecule has 0 radical (unpaired) electrons. The van der Waals surface area contributed by atoms with Crippen molar-refractivity contribution in [1.29, 1.82) is 0 Å². The van der Waals surface area contributed by atoms with E-state index in [2.05, 4.69) is 9.97 Å². The summed E-state index contributed by atoms with van der Waals surface area (Å²) in [5.41, 5.74) is 4.65. The summed E-state index contributed by atoms with van der Waals surface area (Å²) >= 11 is 0. The summed E-state index contributed by atoms with van der Waals surface area (Å²) in [5.74, 6) is 0.269. The second-order valence-electron chi connectivity index (χ2n) is 4.49. The lowest BCUT2D eigenvalue weighted by Gasteiger charge is -2.01. The largest absolute Gasteiger partial charge is 0.508 e. The van der Waals surface area contributed by atoms with Gasteiger partial charge >= 0.3 is 0 Å². The minimum absolute atomic E-state index is 0.134. The quantitative estimate of drug-likeness (QED) is 0.763. The van der Waals surface area contributed by atoms with Gasteiger partial charge in [-0.05, 0) is 46.8 Å². The van der Waals surface area contributed by atoms with Crippen LogP contribution < -0.4 is 0 Å². The molecule has 0 aliphatic carbocycles. The zero-order chi connectivity index (χ0) is 14.6. The number of aryl methyl sites for hydroxylation is 4. The summed E-state index contributed by atoms with van der Waals surface area (Å²) in [6.45, 7) is 9.58. The van der Waals surface area contributed by atoms with Gasteiger partial charge in [0.05, 0.1) is 22.8 Å². The first-order valence-electron chi connectivity index (χ1n) is 6.09. The fraction of sp³-hybridized carbons (Fsp3) is 0.333. The number of phenolic OH excluding ortho intramolecular Hbond substituents is 2. The molecule has 1 aromatic carbocycles. The third-order valence-corrected chi connectivity index (χ3v) is 2.99. The van der Waals surface area contributed by atoms with E-state index in [1.54, 1.807) is 13.0 Å². The molecule has 0 unspecified atom stereocenters. The van der Waals surface area contributed by atoms with Crippen molar-refractivity contribution >= 4 is 0 Å². The Labute approximate surface area is 113 Å². The highest BCUT2D eigenvalue weighted by Crippen LogP contribution is 2.23. The van der Waals surface area contributed by atoms with Crippen molar-refractivity contribution < 1.29 is 10.2 Å². The van der Waals surface area contributed by atoms with Crippen molar-refractivity contribution in [2.75, 3.05) is 0 Å². The maximum atomic E-state index is 8.94. The highest BCUT2D eigenvalue weighted by atomic mass is 16.3. The molecule has 0 saturated carbocycles. The number of benzene rings is 1. The number of rotatable bonds is 0. The lowest BCUT2D eigenvalue weighted by molar-refractivity contribution is 0.443. The van der Waals surface area contributed by atoms with Crippen molar-refractivity contribution in [2.24, 2.45) is 0 Å². The molecule has 4 nitrogen and oxygen atoms in total. The monoisotopic (exact) mass is 260 g/mol. The molecule has 2 N–H and O–H groups in total. The first-order chi connectivity index (χ1) is 8.82. The van der Waals surface area contributed by atoms with Gasteiger partial charge in [0.15, 0.2) is 0 Å². The van der Waals surface area contributed by atoms with E-state index in [9.17, 15) is 0 Å². The van der Waals surface area contributed by atoms with Crippen molar-refractivity contribution in [3.8, 4) is 11.5 Å². The Bertz CT molecular complexity index is 510. The molecule has 0 bridgehead atoms. The molecule has 1 heterocycles. The first kappa shape index (κ1) is 15.0. The number of hydrogen-bond acceptors (Lipinski definition) is 4. The average molecular weight is 260 g/mol. The summed E-state index contributed by atoms with van der Waals surface area (Å²) in [6.07, 6.45) is 0. The molecule has 0 amide bonds. The maximum Gasteiger partial charge on any atom is 0.122 e. The molecule has 0 spiro atoms. The molecule has 0 aliphatic rings. The van der Waals surface area contributed by atoms with Gasteiger partial charge in [0.2, 0.25) is 0 Å². The Kier molecular flexibility index (Phi) is 4.87. The number of hydrogen-bond donors (Lipinski definition) is 2. The van der Waals surface area contributed by atoms with Crippen LogP contribution in [0.15, 0.2) is 18.2 Å². The summed E-state index contributed by atoms with van der Waals surface area (Å²) in [5, 5.41) is 17.9. The van der Waals surface area contributed by atoms with E-state index in [0.717, 1.165) is 22.8 Å². The van der Waals surface area contributed by atoms with E-state index in [1.165, 1.54) is 12.1 Å². The molecular weight excluding hydrogens is 240 g/mol. The van der Waals surface area contributed by atoms with E-state index in [4.69, 9.17) is 10.2 Å². The van der Waals surface area contributed by atoms with Crippen LogP contribution >= 0.6 is 0 Å². The van der Waals surface area contributed by atoms with Crippen LogP contribution in [0.4, 0.5) is 0 Å². The summed E-state index contributed by atoms with van der Waals surface area (Å²) < 4.78 is 0. The van der Waals surface area contributed by atoms with Crippen molar-refractivity contribution in [1.82, 2.24) is 9.97 Å². The lowest BCUT2D eigenvalue weighted by atomic mass is 10.2. The molecule has 2 rings (SSSR count). The molecule has 1 aromatic heterocycles. The zero-order valence-corrected chi connectivity index (χ0v) is 12.0. The molecule has 102 valence electrons. The van der Waals surface area contributed by atoms with Crippen molar-refractivity contribution in [3.63, 3.8) is 0 Å². The third-order valence-electron chi connectivity index (χ3n) is 2.99. The van der Waals surface area contributed by atoms with Crippen LogP contribution in [0.5, 0.6) is 11.5 Å². The van der Waals surface area contributed by atoms with E-state index < -0.39 is 0 Å². The topological polar surface area (TPSA) is 66.2 Å². The third kappa shape index (κ3) is 3.95.